The van der Waals surface area contributed by atoms with Gasteiger partial charge in [0.15, 0.2) is 12.4 Å². The minimum absolute atomic E-state index is 0.148. The fraction of sp³-hybridized carbons (Fsp3) is 0.793. The maximum absolute atomic E-state index is 13.0. The van der Waals surface area contributed by atoms with Crippen LogP contribution < -0.4 is 5.11 Å². The van der Waals surface area contributed by atoms with E-state index >= 15 is 0 Å². The molecule has 0 aliphatic heterocycles. The van der Waals surface area contributed by atoms with E-state index in [0.29, 0.717) is 23.9 Å². The Morgan fingerprint density at radius 1 is 0.307 bits per heavy atom. The molecule has 0 heterocycles. The Hall–Kier alpha value is -3.79. The van der Waals surface area contributed by atoms with Crippen molar-refractivity contribution in [3.63, 3.8) is 0 Å². The predicted octanol–water partition coefficient (Wildman–Crippen LogP) is 26.9. The number of quaternary nitrogens is 1. The predicted molar refractivity (Wildman–Crippen MR) is 435 cm³/mol. The van der Waals surface area contributed by atoms with E-state index in [2.05, 4.69) is 111 Å². The van der Waals surface area contributed by atoms with Gasteiger partial charge in [-0.1, -0.05) is 400 Å². The van der Waals surface area contributed by atoms with Crippen LogP contribution in [0, 0.1) is 0 Å². The van der Waals surface area contributed by atoms with E-state index in [1.807, 2.05) is 21.1 Å². The van der Waals surface area contributed by atoms with Crippen molar-refractivity contribution in [3.8, 4) is 0 Å². The molecule has 0 N–H and O–H groups in total. The molecule has 0 aromatic rings. The first kappa shape index (κ1) is 97.2. The summed E-state index contributed by atoms with van der Waals surface area (Å²) >= 11 is 0. The standard InChI is InChI=1S/C92H165NO8/c1-6-8-10-12-14-16-18-20-22-24-26-28-30-32-34-36-38-40-42-43-44-45-46-47-49-50-52-54-56-58-60-62-64-66-68-70-72-74-76-78-80-82-89(94)99-86-88(87-100-92(91(96)97)98-85-84-93(3,4)5)101-90(95)83-81-79-77-75-73-71-69-67-65-63-61-59-57-55-53-51-48-41-39-37-35-33-31-29-27-25-23-21-19-17-15-13-11-9-7-2/h9,11,15,17-18,20-21,23-24,26-27,29,33,35,39,41,88,92H,6-8,10,12-14,16,19,22,25,28,30-32,34,36-38,40,42-87H2,1-5H3/b11-9-,17-15-,20-18-,23-21-,26-24-,29-27-,35-33-,41-39-. The number of carbonyl (C=O) groups excluding carboxylic acids is 3. The van der Waals surface area contributed by atoms with Crippen LogP contribution in [0.1, 0.15) is 412 Å². The largest absolute Gasteiger partial charge is 0.545 e. The van der Waals surface area contributed by atoms with E-state index in [4.69, 9.17) is 18.9 Å². The highest BCUT2D eigenvalue weighted by Gasteiger charge is 2.22. The molecule has 0 saturated heterocycles. The van der Waals surface area contributed by atoms with Crippen LogP contribution in [0.2, 0.25) is 0 Å². The molecule has 101 heavy (non-hydrogen) atoms. The summed E-state index contributed by atoms with van der Waals surface area (Å²) in [6.45, 7) is 4.68. The van der Waals surface area contributed by atoms with Crippen LogP contribution in [0.15, 0.2) is 97.2 Å². The van der Waals surface area contributed by atoms with Gasteiger partial charge < -0.3 is 33.3 Å². The molecule has 0 aromatic carbocycles. The Bertz CT molecular complexity index is 1990. The molecule has 0 aliphatic carbocycles. The third-order valence-corrected chi connectivity index (χ3v) is 19.3. The van der Waals surface area contributed by atoms with E-state index in [1.54, 1.807) is 0 Å². The molecule has 0 saturated carbocycles. The summed E-state index contributed by atoms with van der Waals surface area (Å²) in [5.74, 6) is -2.26. The van der Waals surface area contributed by atoms with E-state index in [1.165, 1.54) is 302 Å². The lowest BCUT2D eigenvalue weighted by Crippen LogP contribution is -2.44. The van der Waals surface area contributed by atoms with Gasteiger partial charge in [0, 0.05) is 12.8 Å². The monoisotopic (exact) mass is 1410 g/mol. The molecule has 0 aliphatic rings. The SMILES string of the molecule is CC/C=C\C/C=C\C/C=C\C/C=C\C/C=C\C/C=C\CCCCCCCCCCCCCCCCCCC(=O)OC(COC(=O)CCCCCCCCCCCCCCCCCCCCCCCCCCCCCCC/C=C\C/C=C\CCCCCCC)COC(OCC[N+](C)(C)C)C(=O)[O-]. The van der Waals surface area contributed by atoms with Gasteiger partial charge in [-0.25, -0.2) is 0 Å². The third-order valence-electron chi connectivity index (χ3n) is 19.3. The van der Waals surface area contributed by atoms with Crippen molar-refractivity contribution in [1.82, 2.24) is 0 Å². The van der Waals surface area contributed by atoms with E-state index in [0.717, 1.165) is 77.0 Å². The minimum Gasteiger partial charge on any atom is -0.545 e. The molecule has 0 bridgehead atoms. The Morgan fingerprint density at radius 3 is 0.842 bits per heavy atom. The lowest BCUT2D eigenvalue weighted by molar-refractivity contribution is -0.870. The second kappa shape index (κ2) is 81.9. The fourth-order valence-corrected chi connectivity index (χ4v) is 12.8. The molecule has 0 radical (unpaired) electrons. The van der Waals surface area contributed by atoms with Crippen LogP contribution in [-0.4, -0.2) is 82.3 Å². The van der Waals surface area contributed by atoms with Crippen molar-refractivity contribution in [3.05, 3.63) is 97.2 Å². The highest BCUT2D eigenvalue weighted by molar-refractivity contribution is 5.70. The zero-order valence-electron chi connectivity index (χ0n) is 67.3. The summed E-state index contributed by atoms with van der Waals surface area (Å²) in [7, 11) is 5.95. The van der Waals surface area contributed by atoms with Gasteiger partial charge >= 0.3 is 11.9 Å². The van der Waals surface area contributed by atoms with Crippen molar-refractivity contribution in [2.75, 3.05) is 47.5 Å². The molecular weight excluding hydrogens is 1250 g/mol. The second-order valence-corrected chi connectivity index (χ2v) is 30.4. The summed E-state index contributed by atoms with van der Waals surface area (Å²) in [6.07, 6.45) is 111. The third kappa shape index (κ3) is 83.4. The smallest absolute Gasteiger partial charge is 0.306 e. The number of carbonyl (C=O) groups is 3. The Balaban J connectivity index is 3.94. The molecule has 586 valence electrons. The zero-order valence-corrected chi connectivity index (χ0v) is 67.3. The first-order chi connectivity index (χ1) is 49.6. The quantitative estimate of drug-likeness (QED) is 0.0195. The van der Waals surface area contributed by atoms with Crippen LogP contribution in [0.25, 0.3) is 0 Å². The summed E-state index contributed by atoms with van der Waals surface area (Å²) in [6, 6.07) is 0. The Labute approximate surface area is 626 Å². The molecule has 0 spiro atoms. The number of esters is 2. The van der Waals surface area contributed by atoms with Crippen molar-refractivity contribution in [2.24, 2.45) is 0 Å². The number of carboxylic acid groups (broad SMARTS) is 1. The number of rotatable bonds is 81. The van der Waals surface area contributed by atoms with Gasteiger partial charge in [-0.05, 0) is 96.3 Å². The highest BCUT2D eigenvalue weighted by Crippen LogP contribution is 2.20. The van der Waals surface area contributed by atoms with Crippen molar-refractivity contribution < 1.29 is 42.9 Å². The highest BCUT2D eigenvalue weighted by atomic mass is 16.7. The van der Waals surface area contributed by atoms with Crippen LogP contribution in [0.5, 0.6) is 0 Å². The van der Waals surface area contributed by atoms with Gasteiger partial charge in [-0.3, -0.25) is 9.59 Å². The number of likely N-dealkylation sites (N-methyl/N-ethyl adjacent to an activating group) is 1. The van der Waals surface area contributed by atoms with E-state index in [9.17, 15) is 19.5 Å². The van der Waals surface area contributed by atoms with Crippen molar-refractivity contribution >= 4 is 17.9 Å². The molecular formula is C92H165NO8. The van der Waals surface area contributed by atoms with Crippen LogP contribution in [-0.2, 0) is 33.3 Å². The van der Waals surface area contributed by atoms with Crippen LogP contribution >= 0.6 is 0 Å². The molecule has 2 unspecified atom stereocenters. The normalized spacial score (nSPS) is 13.1. The number of ether oxygens (including phenoxy) is 4. The number of hydrogen-bond acceptors (Lipinski definition) is 8. The van der Waals surface area contributed by atoms with Gasteiger partial charge in [0.25, 0.3) is 0 Å². The number of allylic oxidation sites excluding steroid dienone is 16. The maximum Gasteiger partial charge on any atom is 0.306 e. The minimum atomic E-state index is -1.62. The average Bonchev–Trinajstić information content (AvgIpc) is 1.25. The maximum atomic E-state index is 13.0. The van der Waals surface area contributed by atoms with Crippen LogP contribution in [0.4, 0.5) is 0 Å². The van der Waals surface area contributed by atoms with Gasteiger partial charge in [-0.2, -0.15) is 0 Å². The number of nitrogens with zero attached hydrogens (tertiary/aromatic N) is 1. The first-order valence-electron chi connectivity index (χ1n) is 43.4. The van der Waals surface area contributed by atoms with Gasteiger partial charge in [0.1, 0.15) is 13.2 Å². The van der Waals surface area contributed by atoms with Crippen molar-refractivity contribution in [1.29, 1.82) is 0 Å². The first-order valence-corrected chi connectivity index (χ1v) is 43.4. The van der Waals surface area contributed by atoms with Gasteiger partial charge in [0.05, 0.1) is 40.3 Å². The topological polar surface area (TPSA) is 111 Å². The summed E-state index contributed by atoms with van der Waals surface area (Å²) in [5.41, 5.74) is 0. The molecule has 0 amide bonds. The Morgan fingerprint density at radius 2 is 0.564 bits per heavy atom. The number of unbranched alkanes of at least 4 members (excludes halogenated alkanes) is 50. The number of carboxylic acids is 1. The number of hydrogen-bond donors (Lipinski definition) is 0. The number of aliphatic carboxylic acids is 1. The lowest BCUT2D eigenvalue weighted by Gasteiger charge is -2.26. The summed E-state index contributed by atoms with van der Waals surface area (Å²) in [5, 5.41) is 11.9. The summed E-state index contributed by atoms with van der Waals surface area (Å²) in [4.78, 5) is 37.7. The molecule has 0 fully saturated rings. The lowest BCUT2D eigenvalue weighted by atomic mass is 10.0. The van der Waals surface area contributed by atoms with E-state index < -0.39 is 24.3 Å². The molecule has 0 aromatic heterocycles. The molecule has 0 rings (SSSR count). The Kier molecular flexibility index (Phi) is 78.8. The van der Waals surface area contributed by atoms with Crippen LogP contribution in [0.3, 0.4) is 0 Å². The fourth-order valence-electron chi connectivity index (χ4n) is 12.8. The zero-order chi connectivity index (χ0) is 73.2. The molecule has 9 heteroatoms. The molecule has 9 nitrogen and oxygen atoms in total. The van der Waals surface area contributed by atoms with Gasteiger partial charge in [0.2, 0.25) is 0 Å². The average molecular weight is 1410 g/mol. The van der Waals surface area contributed by atoms with Crippen molar-refractivity contribution in [2.45, 2.75) is 424 Å². The molecule has 2 atom stereocenters. The van der Waals surface area contributed by atoms with E-state index in [-0.39, 0.29) is 32.2 Å². The summed E-state index contributed by atoms with van der Waals surface area (Å²) < 4.78 is 22.9. The second-order valence-electron chi connectivity index (χ2n) is 30.4. The van der Waals surface area contributed by atoms with Gasteiger partial charge in [-0.15, -0.1) is 0 Å².